The van der Waals surface area contributed by atoms with Crippen LogP contribution in [0.2, 0.25) is 0 Å². The summed E-state index contributed by atoms with van der Waals surface area (Å²) in [5.74, 6) is 0.689. The summed E-state index contributed by atoms with van der Waals surface area (Å²) in [5.41, 5.74) is 1.18. The summed E-state index contributed by atoms with van der Waals surface area (Å²) >= 11 is 0. The van der Waals surface area contributed by atoms with Gasteiger partial charge in [-0.15, -0.1) is 0 Å². The average molecular weight is 286 g/mol. The number of rotatable bonds is 2. The molecule has 0 amide bonds. The first-order valence-electron chi connectivity index (χ1n) is 6.80. The van der Waals surface area contributed by atoms with Crippen LogP contribution in [0.5, 0.6) is 0 Å². The highest BCUT2D eigenvalue weighted by Crippen LogP contribution is 2.31. The Morgan fingerprint density at radius 3 is 2.33 bits per heavy atom. The maximum absolute atomic E-state index is 12.3. The quantitative estimate of drug-likeness (QED) is 0.806. The Morgan fingerprint density at radius 2 is 1.67 bits per heavy atom. The topological polar surface area (TPSA) is 50.5 Å². The molecule has 0 saturated heterocycles. The fraction of sp³-hybridized carbons (Fsp3) is 0.333. The average Bonchev–Trinajstić information content (AvgIpc) is 2.80. The monoisotopic (exact) mass is 286 g/mol. The van der Waals surface area contributed by atoms with E-state index in [1.807, 2.05) is 47.2 Å². The van der Waals surface area contributed by atoms with E-state index >= 15 is 0 Å². The van der Waals surface area contributed by atoms with Crippen LogP contribution in [0.1, 0.15) is 5.56 Å². The summed E-state index contributed by atoms with van der Waals surface area (Å²) in [6.45, 7) is 1.26. The van der Waals surface area contributed by atoms with Crippen LogP contribution in [0.15, 0.2) is 39.9 Å². The van der Waals surface area contributed by atoms with Crippen LogP contribution in [-0.4, -0.2) is 22.9 Å². The van der Waals surface area contributed by atoms with E-state index in [9.17, 15) is 9.59 Å². The first kappa shape index (κ1) is 13.5. The van der Waals surface area contributed by atoms with Crippen molar-refractivity contribution in [3.63, 3.8) is 0 Å². The number of nitrogens with zero attached hydrogens (tertiary/aromatic N) is 4. The second-order valence-corrected chi connectivity index (χ2v) is 5.40. The summed E-state index contributed by atoms with van der Waals surface area (Å²) < 4.78 is 2.70. The number of anilines is 2. The molecule has 0 aliphatic carbocycles. The lowest BCUT2D eigenvalue weighted by Gasteiger charge is -2.20. The summed E-state index contributed by atoms with van der Waals surface area (Å²) in [6, 6.07) is 10.0. The molecule has 0 radical (unpaired) electrons. The molecule has 0 fully saturated rings. The molecule has 1 aromatic heterocycles. The lowest BCUT2D eigenvalue weighted by molar-refractivity contribution is 0.680. The van der Waals surface area contributed by atoms with Crippen LogP contribution in [0.4, 0.5) is 11.5 Å². The Balaban J connectivity index is 2.12. The van der Waals surface area contributed by atoms with Crippen LogP contribution in [0.3, 0.4) is 0 Å². The summed E-state index contributed by atoms with van der Waals surface area (Å²) in [7, 11) is 5.09. The second kappa shape index (κ2) is 4.80. The van der Waals surface area contributed by atoms with Gasteiger partial charge in [-0.2, -0.15) is 0 Å². The van der Waals surface area contributed by atoms with Crippen molar-refractivity contribution < 1.29 is 0 Å². The molecule has 0 bridgehead atoms. The summed E-state index contributed by atoms with van der Waals surface area (Å²) in [6.07, 6.45) is 0. The van der Waals surface area contributed by atoms with E-state index < -0.39 is 0 Å². The predicted octanol–water partition coefficient (Wildman–Crippen LogP) is 0.498. The molecular formula is C15H18N4O2. The minimum atomic E-state index is -0.299. The van der Waals surface area contributed by atoms with Gasteiger partial charge in [0.15, 0.2) is 0 Å². The Kier molecular flexibility index (Phi) is 3.08. The van der Waals surface area contributed by atoms with Crippen LogP contribution in [0.25, 0.3) is 0 Å². The van der Waals surface area contributed by atoms with Gasteiger partial charge in [0.1, 0.15) is 11.5 Å². The molecule has 21 heavy (non-hydrogen) atoms. The first-order chi connectivity index (χ1) is 10.0. The van der Waals surface area contributed by atoms with Crippen molar-refractivity contribution >= 4 is 11.5 Å². The molecule has 1 aromatic carbocycles. The van der Waals surface area contributed by atoms with Crippen molar-refractivity contribution in [1.29, 1.82) is 0 Å². The number of hydrogen-bond acceptors (Lipinski definition) is 4. The minimum Gasteiger partial charge on any atom is -0.349 e. The van der Waals surface area contributed by atoms with E-state index in [0.717, 1.165) is 10.1 Å². The Hall–Kier alpha value is -2.50. The molecule has 2 heterocycles. The normalized spacial score (nSPS) is 13.7. The second-order valence-electron chi connectivity index (χ2n) is 5.40. The lowest BCUT2D eigenvalue weighted by atomic mass is 10.2. The lowest BCUT2D eigenvalue weighted by Crippen LogP contribution is -2.39. The third kappa shape index (κ3) is 2.03. The van der Waals surface area contributed by atoms with Gasteiger partial charge in [0.2, 0.25) is 0 Å². The molecule has 0 atom stereocenters. The Bertz CT molecular complexity index is 792. The van der Waals surface area contributed by atoms with Gasteiger partial charge in [0.25, 0.3) is 5.56 Å². The van der Waals surface area contributed by atoms with Crippen LogP contribution >= 0.6 is 0 Å². The van der Waals surface area contributed by atoms with Crippen molar-refractivity contribution in [2.24, 2.45) is 14.1 Å². The number of aromatic nitrogens is 2. The minimum absolute atomic E-state index is 0.244. The molecule has 3 rings (SSSR count). The summed E-state index contributed by atoms with van der Waals surface area (Å²) in [5, 5.41) is 0. The number of hydrogen-bond donors (Lipinski definition) is 0. The molecule has 1 aliphatic rings. The molecular weight excluding hydrogens is 268 g/mol. The zero-order valence-corrected chi connectivity index (χ0v) is 12.4. The fourth-order valence-electron chi connectivity index (χ4n) is 2.83. The molecule has 0 saturated carbocycles. The molecule has 0 spiro atoms. The van der Waals surface area contributed by atoms with Crippen molar-refractivity contribution in [3.05, 3.63) is 56.7 Å². The third-order valence-corrected chi connectivity index (χ3v) is 3.89. The zero-order valence-electron chi connectivity index (χ0n) is 12.4. The van der Waals surface area contributed by atoms with E-state index in [0.29, 0.717) is 24.7 Å². The largest absolute Gasteiger partial charge is 0.349 e. The molecule has 0 unspecified atom stereocenters. The van der Waals surface area contributed by atoms with Crippen molar-refractivity contribution in [2.45, 2.75) is 6.54 Å². The SMILES string of the molecule is CN1CN(Cc2ccccc2)c2c1c(=O)n(C)c(=O)n2C. The van der Waals surface area contributed by atoms with E-state index in [4.69, 9.17) is 0 Å². The van der Waals surface area contributed by atoms with Crippen LogP contribution in [-0.2, 0) is 20.6 Å². The van der Waals surface area contributed by atoms with Gasteiger partial charge in [-0.25, -0.2) is 4.79 Å². The Morgan fingerprint density at radius 1 is 1.00 bits per heavy atom. The van der Waals surface area contributed by atoms with Crippen molar-refractivity contribution in [1.82, 2.24) is 9.13 Å². The molecule has 0 N–H and O–H groups in total. The Labute approximate surface area is 122 Å². The smallest absolute Gasteiger partial charge is 0.332 e. The van der Waals surface area contributed by atoms with E-state index in [-0.39, 0.29) is 11.2 Å². The van der Waals surface area contributed by atoms with E-state index in [1.165, 1.54) is 7.05 Å². The van der Waals surface area contributed by atoms with Crippen LogP contribution in [0, 0.1) is 0 Å². The van der Waals surface area contributed by atoms with Crippen molar-refractivity contribution in [3.8, 4) is 0 Å². The number of benzene rings is 1. The summed E-state index contributed by atoms with van der Waals surface area (Å²) in [4.78, 5) is 28.4. The maximum Gasteiger partial charge on any atom is 0.332 e. The van der Waals surface area contributed by atoms with Gasteiger partial charge in [-0.1, -0.05) is 30.3 Å². The van der Waals surface area contributed by atoms with E-state index in [2.05, 4.69) is 0 Å². The maximum atomic E-state index is 12.3. The highest BCUT2D eigenvalue weighted by Gasteiger charge is 2.30. The first-order valence-corrected chi connectivity index (χ1v) is 6.80. The van der Waals surface area contributed by atoms with Gasteiger partial charge >= 0.3 is 5.69 Å². The van der Waals surface area contributed by atoms with Gasteiger partial charge in [-0.3, -0.25) is 13.9 Å². The highest BCUT2D eigenvalue weighted by atomic mass is 16.2. The number of fused-ring (bicyclic) bond motifs is 1. The molecule has 6 heteroatoms. The van der Waals surface area contributed by atoms with Gasteiger partial charge in [-0.05, 0) is 5.56 Å². The third-order valence-electron chi connectivity index (χ3n) is 3.89. The zero-order chi connectivity index (χ0) is 15.1. The van der Waals surface area contributed by atoms with Gasteiger partial charge in [0, 0.05) is 27.7 Å². The van der Waals surface area contributed by atoms with E-state index in [1.54, 1.807) is 11.6 Å². The standard InChI is InChI=1S/C15H18N4O2/c1-16-10-19(9-11-7-5-4-6-8-11)13-12(16)14(20)18(3)15(21)17(13)2/h4-8H,9-10H2,1-3H3. The van der Waals surface area contributed by atoms with Crippen LogP contribution < -0.4 is 21.0 Å². The molecule has 1 aliphatic heterocycles. The fourth-order valence-corrected chi connectivity index (χ4v) is 2.83. The van der Waals surface area contributed by atoms with Crippen molar-refractivity contribution in [2.75, 3.05) is 23.5 Å². The highest BCUT2D eigenvalue weighted by molar-refractivity contribution is 5.71. The van der Waals surface area contributed by atoms with Gasteiger partial charge in [0.05, 0.1) is 6.67 Å². The van der Waals surface area contributed by atoms with Gasteiger partial charge < -0.3 is 9.80 Å². The molecule has 2 aromatic rings. The molecule has 6 nitrogen and oxygen atoms in total. The predicted molar refractivity (Wildman–Crippen MR) is 82.8 cm³/mol. The molecule has 110 valence electrons.